The molecule has 2 N–H and O–H groups in total. The molecule has 9 heavy (non-hydrogen) atoms. The van der Waals surface area contributed by atoms with Gasteiger partial charge in [0.25, 0.3) is 5.95 Å². The number of anilines is 1. The molecular weight excluding hydrogens is 138 g/mol. The number of nitrogens with two attached hydrogens (primary N) is 1. The van der Waals surface area contributed by atoms with Gasteiger partial charge in [0.05, 0.1) is 5.75 Å². The Labute approximate surface area is 56.8 Å². The van der Waals surface area contributed by atoms with Crippen molar-refractivity contribution in [2.75, 3.05) is 12.0 Å². The van der Waals surface area contributed by atoms with Crippen molar-refractivity contribution in [3.8, 4) is 0 Å². The van der Waals surface area contributed by atoms with Crippen molar-refractivity contribution in [2.24, 2.45) is 0 Å². The highest BCUT2D eigenvalue weighted by molar-refractivity contribution is 7.97. The van der Waals surface area contributed by atoms with Gasteiger partial charge < -0.3 is 10.3 Å². The van der Waals surface area contributed by atoms with Gasteiger partial charge in [-0.15, -0.1) is 0 Å². The van der Waals surface area contributed by atoms with Gasteiger partial charge in [0.2, 0.25) is 5.89 Å². The molecule has 0 fully saturated rings. The molecule has 0 aliphatic heterocycles. The summed E-state index contributed by atoms with van der Waals surface area (Å²) in [6.45, 7) is 0. The molecule has 0 aliphatic carbocycles. The highest BCUT2D eigenvalue weighted by Gasteiger charge is 1.99. The molecule has 1 aromatic rings. The number of nitrogens with zero attached hydrogens (tertiary/aromatic N) is 2. The van der Waals surface area contributed by atoms with Crippen molar-refractivity contribution in [1.29, 1.82) is 0 Å². The maximum atomic E-state index is 5.18. The Kier molecular flexibility index (Phi) is 1.94. The van der Waals surface area contributed by atoms with Crippen LogP contribution >= 0.6 is 11.8 Å². The van der Waals surface area contributed by atoms with Crippen LogP contribution in [0.15, 0.2) is 4.52 Å². The van der Waals surface area contributed by atoms with E-state index in [1.165, 1.54) is 0 Å². The summed E-state index contributed by atoms with van der Waals surface area (Å²) in [6.07, 6.45) is 1.96. The van der Waals surface area contributed by atoms with Crippen molar-refractivity contribution in [2.45, 2.75) is 5.75 Å². The lowest BCUT2D eigenvalue weighted by Gasteiger charge is -1.82. The summed E-state index contributed by atoms with van der Waals surface area (Å²) in [7, 11) is 0. The van der Waals surface area contributed by atoms with E-state index in [-0.39, 0.29) is 5.95 Å². The van der Waals surface area contributed by atoms with E-state index in [1.807, 2.05) is 6.26 Å². The van der Waals surface area contributed by atoms with Crippen molar-refractivity contribution in [1.82, 2.24) is 10.1 Å². The van der Waals surface area contributed by atoms with E-state index in [0.717, 1.165) is 5.75 Å². The van der Waals surface area contributed by atoms with Crippen LogP contribution in [0.2, 0.25) is 0 Å². The first-order valence-corrected chi connectivity index (χ1v) is 3.79. The van der Waals surface area contributed by atoms with Crippen molar-refractivity contribution in [3.63, 3.8) is 0 Å². The predicted octanol–water partition coefficient (Wildman–Crippen LogP) is 0.515. The Morgan fingerprint density at radius 1 is 1.78 bits per heavy atom. The number of aromatic nitrogens is 2. The van der Waals surface area contributed by atoms with E-state index in [1.54, 1.807) is 11.8 Å². The number of hydrogen-bond donors (Lipinski definition) is 1. The Balaban J connectivity index is 2.61. The van der Waals surface area contributed by atoms with Crippen molar-refractivity contribution >= 4 is 17.7 Å². The van der Waals surface area contributed by atoms with Crippen LogP contribution in [0.5, 0.6) is 0 Å². The summed E-state index contributed by atoms with van der Waals surface area (Å²) in [4.78, 5) is 3.78. The first-order chi connectivity index (χ1) is 4.33. The molecule has 1 rings (SSSR count). The van der Waals surface area contributed by atoms with E-state index in [4.69, 9.17) is 10.3 Å². The average Bonchev–Trinajstić information content (AvgIpc) is 2.17. The smallest absolute Gasteiger partial charge is 0.260 e. The monoisotopic (exact) mass is 145 g/mol. The van der Waals surface area contributed by atoms with Gasteiger partial charge in [-0.25, -0.2) is 0 Å². The van der Waals surface area contributed by atoms with Gasteiger partial charge in [-0.05, 0) is 11.4 Å². The first-order valence-electron chi connectivity index (χ1n) is 2.40. The average molecular weight is 145 g/mol. The second-order valence-corrected chi connectivity index (χ2v) is 2.35. The van der Waals surface area contributed by atoms with Crippen LogP contribution in [0.4, 0.5) is 5.95 Å². The van der Waals surface area contributed by atoms with Crippen LogP contribution in [-0.4, -0.2) is 16.4 Å². The fraction of sp³-hybridized carbons (Fsp3) is 0.500. The molecule has 0 amide bonds. The molecule has 4 nitrogen and oxygen atoms in total. The number of nitrogen functional groups attached to an aromatic ring is 1. The number of thioether (sulfide) groups is 1. The molecule has 0 saturated carbocycles. The first kappa shape index (κ1) is 6.41. The molecule has 0 unspecified atom stereocenters. The minimum absolute atomic E-state index is 0.207. The van der Waals surface area contributed by atoms with Crippen molar-refractivity contribution < 1.29 is 4.52 Å². The van der Waals surface area contributed by atoms with Crippen LogP contribution in [0.25, 0.3) is 0 Å². The van der Waals surface area contributed by atoms with Gasteiger partial charge in [0.1, 0.15) is 0 Å². The van der Waals surface area contributed by atoms with Crippen LogP contribution in [0.1, 0.15) is 5.89 Å². The fourth-order valence-electron chi connectivity index (χ4n) is 0.450. The zero-order chi connectivity index (χ0) is 6.69. The van der Waals surface area contributed by atoms with Crippen LogP contribution in [-0.2, 0) is 5.75 Å². The van der Waals surface area contributed by atoms with E-state index >= 15 is 0 Å². The zero-order valence-corrected chi connectivity index (χ0v) is 5.81. The molecule has 0 aliphatic rings. The molecule has 0 aromatic carbocycles. The van der Waals surface area contributed by atoms with Crippen LogP contribution in [0.3, 0.4) is 0 Å². The highest BCUT2D eigenvalue weighted by Crippen LogP contribution is 2.05. The lowest BCUT2D eigenvalue weighted by molar-refractivity contribution is 0.392. The van der Waals surface area contributed by atoms with E-state index in [2.05, 4.69) is 10.1 Å². The summed E-state index contributed by atoms with van der Waals surface area (Å²) in [5, 5.41) is 3.41. The van der Waals surface area contributed by atoms with Gasteiger partial charge >= 0.3 is 0 Å². The third-order valence-electron chi connectivity index (χ3n) is 0.752. The summed E-state index contributed by atoms with van der Waals surface area (Å²) in [6, 6.07) is 0. The van der Waals surface area contributed by atoms with Crippen molar-refractivity contribution in [3.05, 3.63) is 5.89 Å². The molecule has 0 spiro atoms. The molecule has 0 saturated heterocycles. The standard InChI is InChI=1S/C4H7N3OS/c1-9-2-3-6-4(5)7-8-3/h2H2,1H3,(H2,5,7). The Bertz CT molecular complexity index is 188. The van der Waals surface area contributed by atoms with Crippen LogP contribution in [0, 0.1) is 0 Å². The van der Waals surface area contributed by atoms with Gasteiger partial charge in [0.15, 0.2) is 0 Å². The third-order valence-corrected chi connectivity index (χ3v) is 1.29. The van der Waals surface area contributed by atoms with E-state index in [9.17, 15) is 0 Å². The maximum absolute atomic E-state index is 5.18. The number of hydrogen-bond acceptors (Lipinski definition) is 5. The summed E-state index contributed by atoms with van der Waals surface area (Å²) in [5.74, 6) is 1.52. The normalized spacial score (nSPS) is 9.89. The molecule has 1 heterocycles. The Hall–Kier alpha value is -0.710. The minimum Gasteiger partial charge on any atom is -0.365 e. The maximum Gasteiger partial charge on any atom is 0.260 e. The predicted molar refractivity (Wildman–Crippen MR) is 35.9 cm³/mol. The second-order valence-electron chi connectivity index (χ2n) is 1.48. The summed E-state index contributed by atoms with van der Waals surface area (Å²) in [5.41, 5.74) is 5.18. The van der Waals surface area contributed by atoms with Gasteiger partial charge in [-0.2, -0.15) is 16.7 Å². The lowest BCUT2D eigenvalue weighted by Crippen LogP contribution is -1.86. The summed E-state index contributed by atoms with van der Waals surface area (Å²) >= 11 is 1.62. The lowest BCUT2D eigenvalue weighted by atomic mass is 10.8. The molecular formula is C4H7N3OS. The Morgan fingerprint density at radius 2 is 2.56 bits per heavy atom. The quantitative estimate of drug-likeness (QED) is 0.657. The molecule has 0 atom stereocenters. The summed E-state index contributed by atoms with van der Waals surface area (Å²) < 4.78 is 4.70. The van der Waals surface area contributed by atoms with E-state index in [0.29, 0.717) is 5.89 Å². The SMILES string of the molecule is CSCc1nc(N)no1. The molecule has 50 valence electrons. The third kappa shape index (κ3) is 1.60. The minimum atomic E-state index is 0.207. The van der Waals surface area contributed by atoms with Gasteiger partial charge in [-0.3, -0.25) is 0 Å². The molecule has 5 heteroatoms. The highest BCUT2D eigenvalue weighted by atomic mass is 32.2. The molecule has 0 radical (unpaired) electrons. The van der Waals surface area contributed by atoms with Crippen LogP contribution < -0.4 is 5.73 Å². The topological polar surface area (TPSA) is 64.9 Å². The van der Waals surface area contributed by atoms with Gasteiger partial charge in [-0.1, -0.05) is 0 Å². The fourth-order valence-corrected chi connectivity index (χ4v) is 0.814. The second kappa shape index (κ2) is 2.72. The largest absolute Gasteiger partial charge is 0.365 e. The number of rotatable bonds is 2. The Morgan fingerprint density at radius 3 is 3.00 bits per heavy atom. The molecule has 1 aromatic heterocycles. The van der Waals surface area contributed by atoms with Gasteiger partial charge in [0, 0.05) is 0 Å². The van der Waals surface area contributed by atoms with E-state index < -0.39 is 0 Å². The molecule has 0 bridgehead atoms. The zero-order valence-electron chi connectivity index (χ0n) is 5.00.